The molecule has 0 saturated heterocycles. The molecule has 0 aliphatic rings. The van der Waals surface area contributed by atoms with Crippen molar-refractivity contribution in [3.05, 3.63) is 12.5 Å². The monoisotopic (exact) mass is 123 g/mol. The summed E-state index contributed by atoms with van der Waals surface area (Å²) in [6.07, 6.45) is 3.05. The van der Waals surface area contributed by atoms with Gasteiger partial charge < -0.3 is 0 Å². The minimum Gasteiger partial charge on any atom is -0.232 e. The highest BCUT2D eigenvalue weighted by Gasteiger charge is 2.00. The minimum absolute atomic E-state index is 0.664. The van der Waals surface area contributed by atoms with Gasteiger partial charge in [0, 0.05) is 0 Å². The summed E-state index contributed by atoms with van der Waals surface area (Å²) in [5.41, 5.74) is 0. The Morgan fingerprint density at radius 3 is 3.00 bits per heavy atom. The molecule has 0 aliphatic heterocycles. The fraction of sp³-hybridized carbons (Fsp3) is 0.200. The van der Waals surface area contributed by atoms with Crippen LogP contribution in [0.4, 0.5) is 5.82 Å². The summed E-state index contributed by atoms with van der Waals surface area (Å²) in [6, 6.07) is 0. The molecule has 4 nitrogen and oxygen atoms in total. The molecule has 0 aliphatic carbocycles. The summed E-state index contributed by atoms with van der Waals surface area (Å²) < 4.78 is 1.60. The van der Waals surface area contributed by atoms with E-state index in [4.69, 9.17) is 0 Å². The lowest BCUT2D eigenvalue weighted by molar-refractivity contribution is -0.718. The Morgan fingerprint density at radius 2 is 2.56 bits per heavy atom. The standard InChI is InChI=1S/C5H7N4/c1-6-5-3-7-4-8-9(5)2/h3-4H,1H2,2H3/q+1. The maximum Gasteiger partial charge on any atom is 0.360 e. The zero-order chi connectivity index (χ0) is 6.69. The van der Waals surface area contributed by atoms with Gasteiger partial charge in [-0.05, 0) is 0 Å². The predicted molar refractivity (Wildman–Crippen MR) is 32.4 cm³/mol. The lowest BCUT2D eigenvalue weighted by atomic mass is 10.7. The Balaban J connectivity index is 3.15. The van der Waals surface area contributed by atoms with E-state index in [2.05, 4.69) is 21.8 Å². The predicted octanol–water partition coefficient (Wildman–Crippen LogP) is -0.367. The number of aromatic nitrogens is 3. The van der Waals surface area contributed by atoms with E-state index < -0.39 is 0 Å². The molecular formula is C5H7N4+. The number of nitrogens with zero attached hydrogens (tertiary/aromatic N) is 4. The average molecular weight is 123 g/mol. The molecular weight excluding hydrogens is 116 g/mol. The topological polar surface area (TPSA) is 42.0 Å². The Hall–Kier alpha value is -1.32. The van der Waals surface area contributed by atoms with Gasteiger partial charge in [-0.25, -0.2) is 4.98 Å². The average Bonchev–Trinajstić information content (AvgIpc) is 1.89. The zero-order valence-corrected chi connectivity index (χ0v) is 5.15. The first kappa shape index (κ1) is 5.81. The lowest BCUT2D eigenvalue weighted by Gasteiger charge is -1.85. The van der Waals surface area contributed by atoms with Crippen LogP contribution in [0.2, 0.25) is 0 Å². The van der Waals surface area contributed by atoms with E-state index in [0.29, 0.717) is 5.82 Å². The number of aliphatic imine (C=N–C) groups is 1. The van der Waals surface area contributed by atoms with Crippen molar-refractivity contribution in [1.82, 2.24) is 10.1 Å². The number of aryl methyl sites for hydroxylation is 1. The van der Waals surface area contributed by atoms with Gasteiger partial charge in [-0.15, -0.1) is 4.68 Å². The highest BCUT2D eigenvalue weighted by Crippen LogP contribution is 1.93. The summed E-state index contributed by atoms with van der Waals surface area (Å²) in [5.74, 6) is 0.664. The van der Waals surface area contributed by atoms with Crippen LogP contribution in [0.15, 0.2) is 17.5 Å². The summed E-state index contributed by atoms with van der Waals surface area (Å²) >= 11 is 0. The van der Waals surface area contributed by atoms with E-state index >= 15 is 0 Å². The van der Waals surface area contributed by atoms with Crippen molar-refractivity contribution in [2.45, 2.75) is 0 Å². The van der Waals surface area contributed by atoms with E-state index in [-0.39, 0.29) is 0 Å². The Kier molecular flexibility index (Phi) is 1.48. The molecule has 0 saturated carbocycles. The molecule has 4 heteroatoms. The molecule has 0 aromatic carbocycles. The van der Waals surface area contributed by atoms with Gasteiger partial charge in [0.05, 0.1) is 0 Å². The summed E-state index contributed by atoms with van der Waals surface area (Å²) in [7, 11) is 1.78. The smallest absolute Gasteiger partial charge is 0.232 e. The molecule has 1 heterocycles. The van der Waals surface area contributed by atoms with Crippen LogP contribution in [0.1, 0.15) is 0 Å². The molecule has 1 aromatic rings. The highest BCUT2D eigenvalue weighted by atomic mass is 15.3. The van der Waals surface area contributed by atoms with Crippen molar-refractivity contribution < 1.29 is 4.68 Å². The van der Waals surface area contributed by atoms with Crippen LogP contribution in [-0.2, 0) is 7.05 Å². The second-order valence-corrected chi connectivity index (χ2v) is 1.55. The van der Waals surface area contributed by atoms with Gasteiger partial charge in [-0.1, -0.05) is 10.1 Å². The second-order valence-electron chi connectivity index (χ2n) is 1.55. The molecule has 46 valence electrons. The summed E-state index contributed by atoms with van der Waals surface area (Å²) in [6.45, 7) is 3.34. The third kappa shape index (κ3) is 1.07. The first-order chi connectivity index (χ1) is 4.34. The summed E-state index contributed by atoms with van der Waals surface area (Å²) in [5, 5.41) is 3.82. The van der Waals surface area contributed by atoms with Crippen LogP contribution in [0, 0.1) is 0 Å². The molecule has 0 atom stereocenters. The first-order valence-corrected chi connectivity index (χ1v) is 2.47. The second kappa shape index (κ2) is 2.30. The Morgan fingerprint density at radius 1 is 1.78 bits per heavy atom. The van der Waals surface area contributed by atoms with Crippen molar-refractivity contribution in [3.63, 3.8) is 0 Å². The van der Waals surface area contributed by atoms with E-state index in [0.717, 1.165) is 0 Å². The SMILES string of the molecule is C=Nc1cncn[n+]1C. The van der Waals surface area contributed by atoms with Crippen LogP contribution >= 0.6 is 0 Å². The minimum atomic E-state index is 0.664. The molecule has 1 rings (SSSR count). The van der Waals surface area contributed by atoms with Crippen molar-refractivity contribution in [1.29, 1.82) is 0 Å². The van der Waals surface area contributed by atoms with Crippen LogP contribution in [0.3, 0.4) is 0 Å². The van der Waals surface area contributed by atoms with Crippen LogP contribution < -0.4 is 4.68 Å². The molecule has 9 heavy (non-hydrogen) atoms. The number of hydrogen-bond donors (Lipinski definition) is 0. The molecule has 0 unspecified atom stereocenters. The van der Waals surface area contributed by atoms with Gasteiger partial charge in [0.2, 0.25) is 0 Å². The third-order valence-corrected chi connectivity index (χ3v) is 0.975. The molecule has 0 radical (unpaired) electrons. The van der Waals surface area contributed by atoms with E-state index in [9.17, 15) is 0 Å². The molecule has 0 fully saturated rings. The maximum atomic E-state index is 3.82. The quantitative estimate of drug-likeness (QED) is 0.378. The van der Waals surface area contributed by atoms with Crippen molar-refractivity contribution in [3.8, 4) is 0 Å². The Bertz CT molecular complexity index is 220. The van der Waals surface area contributed by atoms with Gasteiger partial charge >= 0.3 is 5.82 Å². The number of hydrogen-bond acceptors (Lipinski definition) is 3. The number of rotatable bonds is 1. The molecule has 0 spiro atoms. The van der Waals surface area contributed by atoms with E-state index in [1.807, 2.05) is 0 Å². The van der Waals surface area contributed by atoms with Gasteiger partial charge in [0.1, 0.15) is 20.0 Å². The van der Waals surface area contributed by atoms with Gasteiger partial charge in [0.15, 0.2) is 6.33 Å². The fourth-order valence-corrected chi connectivity index (χ4v) is 0.493. The molecule has 0 bridgehead atoms. The van der Waals surface area contributed by atoms with Crippen LogP contribution in [-0.4, -0.2) is 16.8 Å². The van der Waals surface area contributed by atoms with Crippen LogP contribution in [0.25, 0.3) is 0 Å². The van der Waals surface area contributed by atoms with Crippen LogP contribution in [0.5, 0.6) is 0 Å². The maximum absolute atomic E-state index is 3.82. The fourth-order valence-electron chi connectivity index (χ4n) is 0.493. The third-order valence-electron chi connectivity index (χ3n) is 0.975. The van der Waals surface area contributed by atoms with Crippen molar-refractivity contribution >= 4 is 12.5 Å². The largest absolute Gasteiger partial charge is 0.360 e. The Labute approximate surface area is 52.9 Å². The van der Waals surface area contributed by atoms with Gasteiger partial charge in [-0.3, -0.25) is 0 Å². The normalized spacial score (nSPS) is 9.00. The summed E-state index contributed by atoms with van der Waals surface area (Å²) in [4.78, 5) is 7.41. The molecule has 1 aromatic heterocycles. The first-order valence-electron chi connectivity index (χ1n) is 2.47. The molecule has 0 N–H and O–H groups in total. The molecule has 0 amide bonds. The zero-order valence-electron chi connectivity index (χ0n) is 5.15. The van der Waals surface area contributed by atoms with Gasteiger partial charge in [0.25, 0.3) is 0 Å². The van der Waals surface area contributed by atoms with E-state index in [1.54, 1.807) is 17.9 Å². The van der Waals surface area contributed by atoms with Crippen molar-refractivity contribution in [2.75, 3.05) is 0 Å². The van der Waals surface area contributed by atoms with Gasteiger partial charge in [-0.2, -0.15) is 0 Å². The van der Waals surface area contributed by atoms with Crippen molar-refractivity contribution in [2.24, 2.45) is 12.0 Å². The van der Waals surface area contributed by atoms with E-state index in [1.165, 1.54) is 6.33 Å². The lowest BCUT2D eigenvalue weighted by Crippen LogP contribution is -2.32. The highest BCUT2D eigenvalue weighted by molar-refractivity contribution is 5.33.